The Kier molecular flexibility index (Phi) is 3.13. The zero-order valence-corrected chi connectivity index (χ0v) is 10.8. The minimum absolute atomic E-state index is 0.276. The summed E-state index contributed by atoms with van der Waals surface area (Å²) in [7, 11) is 0. The number of thioether (sulfide) groups is 1. The quantitative estimate of drug-likeness (QED) is 0.825. The van der Waals surface area contributed by atoms with E-state index in [1.807, 2.05) is 0 Å². The molecule has 0 spiro atoms. The molecular formula is C12H12N2O3S. The fourth-order valence-corrected chi connectivity index (χ4v) is 2.82. The van der Waals surface area contributed by atoms with E-state index >= 15 is 0 Å². The van der Waals surface area contributed by atoms with E-state index < -0.39 is 5.91 Å². The maximum Gasteiger partial charge on any atom is 0.248 e. The number of benzene rings is 1. The molecule has 1 unspecified atom stereocenters. The van der Waals surface area contributed by atoms with Crippen molar-refractivity contribution in [3.05, 3.63) is 23.8 Å². The number of imide groups is 1. The first-order chi connectivity index (χ1) is 8.41. The third kappa shape index (κ3) is 1.99. The van der Waals surface area contributed by atoms with Crippen molar-refractivity contribution in [3.8, 4) is 0 Å². The molecular weight excluding hydrogens is 252 g/mol. The molecule has 0 saturated carbocycles. The predicted octanol–water partition coefficient (Wildman–Crippen LogP) is 1.16. The van der Waals surface area contributed by atoms with Crippen LogP contribution in [0, 0.1) is 0 Å². The highest BCUT2D eigenvalue weighted by Crippen LogP contribution is 2.39. The Morgan fingerprint density at radius 2 is 2.06 bits per heavy atom. The smallest absolute Gasteiger partial charge is 0.248 e. The van der Waals surface area contributed by atoms with E-state index in [9.17, 15) is 14.4 Å². The lowest BCUT2D eigenvalue weighted by Crippen LogP contribution is -2.42. The summed E-state index contributed by atoms with van der Waals surface area (Å²) in [5.74, 6) is -1.23. The van der Waals surface area contributed by atoms with Crippen LogP contribution in [0.3, 0.4) is 0 Å². The molecule has 1 aliphatic rings. The van der Waals surface area contributed by atoms with Gasteiger partial charge in [0.15, 0.2) is 0 Å². The summed E-state index contributed by atoms with van der Waals surface area (Å²) in [5.41, 5.74) is 5.91. The van der Waals surface area contributed by atoms with Crippen molar-refractivity contribution in [2.45, 2.75) is 24.0 Å². The number of carbonyl (C=O) groups is 3. The highest BCUT2D eigenvalue weighted by Gasteiger charge is 2.33. The summed E-state index contributed by atoms with van der Waals surface area (Å²) >= 11 is 1.37. The number of carbonyl (C=O) groups excluding carboxylic acids is 3. The Morgan fingerprint density at radius 3 is 2.61 bits per heavy atom. The number of primary amides is 1. The third-order valence-corrected chi connectivity index (χ3v) is 3.83. The van der Waals surface area contributed by atoms with Crippen molar-refractivity contribution in [1.82, 2.24) is 0 Å². The molecule has 1 atom stereocenters. The van der Waals surface area contributed by atoms with E-state index in [2.05, 4.69) is 0 Å². The monoisotopic (exact) mass is 264 g/mol. The normalized spacial score (nSPS) is 18.4. The molecule has 0 saturated heterocycles. The van der Waals surface area contributed by atoms with Gasteiger partial charge in [-0.3, -0.25) is 14.4 Å². The van der Waals surface area contributed by atoms with Crippen molar-refractivity contribution in [1.29, 1.82) is 0 Å². The zero-order valence-electron chi connectivity index (χ0n) is 9.97. The van der Waals surface area contributed by atoms with Crippen LogP contribution in [0.1, 0.15) is 24.2 Å². The van der Waals surface area contributed by atoms with Crippen molar-refractivity contribution < 1.29 is 14.4 Å². The fraction of sp³-hybridized carbons (Fsp3) is 0.250. The van der Waals surface area contributed by atoms with Gasteiger partial charge in [0.1, 0.15) is 0 Å². The molecule has 0 aromatic heterocycles. The summed E-state index contributed by atoms with van der Waals surface area (Å²) in [6, 6.07) is 4.78. The van der Waals surface area contributed by atoms with Gasteiger partial charge in [-0.2, -0.15) is 0 Å². The molecule has 2 rings (SSSR count). The second-order valence-corrected chi connectivity index (χ2v) is 5.38. The van der Waals surface area contributed by atoms with Crippen LogP contribution >= 0.6 is 11.8 Å². The number of fused-ring (bicyclic) bond motifs is 1. The number of anilines is 1. The van der Waals surface area contributed by atoms with Gasteiger partial charge in [0.05, 0.1) is 10.9 Å². The molecule has 5 nitrogen and oxygen atoms in total. The van der Waals surface area contributed by atoms with Crippen LogP contribution in [-0.4, -0.2) is 23.0 Å². The molecule has 0 fully saturated rings. The van der Waals surface area contributed by atoms with Gasteiger partial charge in [-0.15, -0.1) is 11.8 Å². The number of nitrogens with zero attached hydrogens (tertiary/aromatic N) is 1. The fourth-order valence-electron chi connectivity index (χ4n) is 1.81. The summed E-state index contributed by atoms with van der Waals surface area (Å²) in [6.45, 7) is 3.06. The molecule has 1 heterocycles. The Morgan fingerprint density at radius 1 is 1.39 bits per heavy atom. The lowest BCUT2D eigenvalue weighted by Gasteiger charge is -2.30. The molecule has 2 N–H and O–H groups in total. The highest BCUT2D eigenvalue weighted by atomic mass is 32.2. The number of hydrogen-bond acceptors (Lipinski definition) is 4. The van der Waals surface area contributed by atoms with Gasteiger partial charge in [-0.1, -0.05) is 0 Å². The van der Waals surface area contributed by atoms with E-state index in [0.29, 0.717) is 5.69 Å². The van der Waals surface area contributed by atoms with Crippen LogP contribution in [0.2, 0.25) is 0 Å². The van der Waals surface area contributed by atoms with Crippen molar-refractivity contribution >= 4 is 35.2 Å². The van der Waals surface area contributed by atoms with E-state index in [4.69, 9.17) is 5.73 Å². The highest BCUT2D eigenvalue weighted by molar-refractivity contribution is 8.01. The average Bonchev–Trinajstić information content (AvgIpc) is 2.29. The number of hydrogen-bond donors (Lipinski definition) is 1. The van der Waals surface area contributed by atoms with E-state index in [1.54, 1.807) is 19.1 Å². The third-order valence-electron chi connectivity index (χ3n) is 2.67. The van der Waals surface area contributed by atoms with Crippen LogP contribution in [-0.2, 0) is 9.59 Å². The second kappa shape index (κ2) is 4.45. The van der Waals surface area contributed by atoms with Gasteiger partial charge < -0.3 is 5.73 Å². The Labute approximate surface area is 108 Å². The summed E-state index contributed by atoms with van der Waals surface area (Å²) < 4.78 is 0. The molecule has 0 bridgehead atoms. The Hall–Kier alpha value is -1.82. The molecule has 1 aromatic rings. The Bertz CT molecular complexity index is 556. The second-order valence-electron chi connectivity index (χ2n) is 4.00. The maximum absolute atomic E-state index is 12.0. The molecule has 94 valence electrons. The summed E-state index contributed by atoms with van der Waals surface area (Å²) in [6.07, 6.45) is 0. The lowest BCUT2D eigenvalue weighted by atomic mass is 10.1. The predicted molar refractivity (Wildman–Crippen MR) is 68.4 cm³/mol. The molecule has 18 heavy (non-hydrogen) atoms. The van der Waals surface area contributed by atoms with Crippen LogP contribution in [0.4, 0.5) is 5.69 Å². The molecule has 0 radical (unpaired) electrons. The van der Waals surface area contributed by atoms with Crippen LogP contribution in [0.15, 0.2) is 23.1 Å². The van der Waals surface area contributed by atoms with E-state index in [0.717, 1.165) is 9.80 Å². The minimum Gasteiger partial charge on any atom is -0.366 e. The first-order valence-corrected chi connectivity index (χ1v) is 6.25. The average molecular weight is 264 g/mol. The zero-order chi connectivity index (χ0) is 13.4. The number of rotatable bonds is 1. The molecule has 1 aliphatic heterocycles. The van der Waals surface area contributed by atoms with Gasteiger partial charge in [0.2, 0.25) is 17.7 Å². The van der Waals surface area contributed by atoms with Crippen molar-refractivity contribution in [2.75, 3.05) is 4.90 Å². The Balaban J connectivity index is 2.59. The minimum atomic E-state index is -0.586. The van der Waals surface area contributed by atoms with Gasteiger partial charge in [-0.25, -0.2) is 4.90 Å². The van der Waals surface area contributed by atoms with Crippen molar-refractivity contribution in [3.63, 3.8) is 0 Å². The first-order valence-electron chi connectivity index (χ1n) is 5.37. The van der Waals surface area contributed by atoms with Gasteiger partial charge >= 0.3 is 0 Å². The van der Waals surface area contributed by atoms with Gasteiger partial charge in [0, 0.05) is 17.4 Å². The van der Waals surface area contributed by atoms with Crippen LogP contribution in [0.25, 0.3) is 0 Å². The van der Waals surface area contributed by atoms with Gasteiger partial charge in [-0.05, 0) is 25.1 Å². The van der Waals surface area contributed by atoms with Gasteiger partial charge in [0.25, 0.3) is 0 Å². The topological polar surface area (TPSA) is 80.5 Å². The van der Waals surface area contributed by atoms with Crippen LogP contribution < -0.4 is 10.6 Å². The molecule has 0 aliphatic carbocycles. The summed E-state index contributed by atoms with van der Waals surface area (Å²) in [5, 5.41) is -0.319. The first kappa shape index (κ1) is 12.6. The summed E-state index contributed by atoms with van der Waals surface area (Å²) in [4.78, 5) is 36.6. The van der Waals surface area contributed by atoms with E-state index in [-0.39, 0.29) is 22.6 Å². The largest absolute Gasteiger partial charge is 0.366 e. The SMILES string of the molecule is CC(=O)N1C(=O)C(C)Sc2ccc(C(N)=O)cc21. The van der Waals surface area contributed by atoms with Crippen LogP contribution in [0.5, 0.6) is 0 Å². The molecule has 3 amide bonds. The maximum atomic E-state index is 12.0. The van der Waals surface area contributed by atoms with E-state index in [1.165, 1.54) is 24.8 Å². The standard InChI is InChI=1S/C12H12N2O3S/c1-6-12(17)14(7(2)15)9-5-8(11(13)16)3-4-10(9)18-6/h3-6H,1-2H3,(H2,13,16). The lowest BCUT2D eigenvalue weighted by molar-refractivity contribution is -0.125. The number of amides is 3. The van der Waals surface area contributed by atoms with Crippen molar-refractivity contribution in [2.24, 2.45) is 5.73 Å². The number of nitrogens with two attached hydrogens (primary N) is 1. The molecule has 6 heteroatoms. The molecule has 1 aromatic carbocycles.